The number of hydrogen-bond donors (Lipinski definition) is 1. The second-order valence-electron chi connectivity index (χ2n) is 7.47. The number of fused-ring (bicyclic) bond motifs is 1. The summed E-state index contributed by atoms with van der Waals surface area (Å²) in [6.45, 7) is 5.46. The molecule has 0 unspecified atom stereocenters. The number of rotatable bonds is 7. The molecule has 1 N–H and O–H groups in total. The number of carbonyl (C=O) groups is 1. The number of nitrogens with zero attached hydrogens (tertiary/aromatic N) is 1. The van der Waals surface area contributed by atoms with E-state index in [1.165, 1.54) is 16.0 Å². The first kappa shape index (κ1) is 20.2. The maximum atomic E-state index is 13.1. The monoisotopic (exact) mass is 418 g/mol. The zero-order chi connectivity index (χ0) is 21.1. The van der Waals surface area contributed by atoms with Crippen LogP contribution in [0.2, 0.25) is 0 Å². The minimum atomic E-state index is -0.0421. The number of methoxy groups -OCH3 is 1. The number of carbonyl (C=O) groups excluding carboxylic acids is 1. The molecule has 4 nitrogen and oxygen atoms in total. The van der Waals surface area contributed by atoms with Crippen LogP contribution in [0.4, 0.5) is 0 Å². The van der Waals surface area contributed by atoms with Crippen molar-refractivity contribution in [2.75, 3.05) is 13.7 Å². The summed E-state index contributed by atoms with van der Waals surface area (Å²) in [6, 6.07) is 20.4. The predicted octanol–water partition coefficient (Wildman–Crippen LogP) is 5.35. The summed E-state index contributed by atoms with van der Waals surface area (Å²) in [7, 11) is 1.67. The molecule has 0 radical (unpaired) electrons. The van der Waals surface area contributed by atoms with Crippen LogP contribution in [-0.4, -0.2) is 24.1 Å². The van der Waals surface area contributed by atoms with Gasteiger partial charge in [-0.2, -0.15) is 0 Å². The summed E-state index contributed by atoms with van der Waals surface area (Å²) >= 11 is 1.73. The Kier molecular flexibility index (Phi) is 5.91. The standard InChI is InChI=1S/C25H26N2O2S/c1-17-8-4-5-10-20(17)16-27-21-14-18(2)30-24(21)15-22(27)25(28)26-13-12-19-9-6-7-11-23(19)29-3/h4-11,14-15H,12-13,16H2,1-3H3,(H,26,28). The first-order valence-corrected chi connectivity index (χ1v) is 10.9. The molecule has 1 amide bonds. The van der Waals surface area contributed by atoms with Crippen molar-refractivity contribution in [3.8, 4) is 5.75 Å². The summed E-state index contributed by atoms with van der Waals surface area (Å²) in [6.07, 6.45) is 0.724. The molecule has 0 fully saturated rings. The third kappa shape index (κ3) is 4.12. The molecule has 154 valence electrons. The largest absolute Gasteiger partial charge is 0.496 e. The Morgan fingerprint density at radius 1 is 1.03 bits per heavy atom. The number of aromatic nitrogens is 1. The molecule has 0 saturated carbocycles. The molecule has 0 aliphatic carbocycles. The molecule has 0 aliphatic heterocycles. The molecule has 0 aliphatic rings. The Hall–Kier alpha value is -3.05. The molecule has 0 atom stereocenters. The van der Waals surface area contributed by atoms with E-state index in [-0.39, 0.29) is 5.91 Å². The summed E-state index contributed by atoms with van der Waals surface area (Å²) in [5.74, 6) is 0.810. The smallest absolute Gasteiger partial charge is 0.267 e. The molecule has 4 rings (SSSR count). The minimum absolute atomic E-state index is 0.0421. The zero-order valence-corrected chi connectivity index (χ0v) is 18.4. The van der Waals surface area contributed by atoms with E-state index in [1.54, 1.807) is 18.4 Å². The van der Waals surface area contributed by atoms with Crippen molar-refractivity contribution in [1.29, 1.82) is 0 Å². The molecule has 2 aromatic carbocycles. The van der Waals surface area contributed by atoms with Gasteiger partial charge in [-0.25, -0.2) is 0 Å². The van der Waals surface area contributed by atoms with Crippen molar-refractivity contribution < 1.29 is 9.53 Å². The number of para-hydroxylation sites is 1. The number of benzene rings is 2. The molecular formula is C25H26N2O2S. The van der Waals surface area contributed by atoms with Gasteiger partial charge >= 0.3 is 0 Å². The van der Waals surface area contributed by atoms with Crippen molar-refractivity contribution in [2.45, 2.75) is 26.8 Å². The number of nitrogens with one attached hydrogen (secondary N) is 1. The highest BCUT2D eigenvalue weighted by atomic mass is 32.1. The first-order chi connectivity index (χ1) is 14.6. The van der Waals surface area contributed by atoms with Gasteiger partial charge in [0.1, 0.15) is 11.4 Å². The van der Waals surface area contributed by atoms with E-state index in [1.807, 2.05) is 36.4 Å². The number of ether oxygens (including phenoxy) is 1. The molecule has 2 heterocycles. The van der Waals surface area contributed by atoms with Crippen LogP contribution < -0.4 is 10.1 Å². The third-order valence-corrected chi connectivity index (χ3v) is 6.39. The lowest BCUT2D eigenvalue weighted by Crippen LogP contribution is -2.28. The van der Waals surface area contributed by atoms with Crippen LogP contribution in [-0.2, 0) is 13.0 Å². The maximum Gasteiger partial charge on any atom is 0.267 e. The summed E-state index contributed by atoms with van der Waals surface area (Å²) in [5, 5.41) is 3.09. The van der Waals surface area contributed by atoms with Crippen molar-refractivity contribution >= 4 is 27.5 Å². The van der Waals surface area contributed by atoms with Gasteiger partial charge in [0.15, 0.2) is 0 Å². The highest BCUT2D eigenvalue weighted by Crippen LogP contribution is 2.30. The van der Waals surface area contributed by atoms with Gasteiger partial charge < -0.3 is 14.6 Å². The van der Waals surface area contributed by atoms with Gasteiger partial charge in [0.2, 0.25) is 0 Å². The van der Waals surface area contributed by atoms with Gasteiger partial charge in [-0.3, -0.25) is 4.79 Å². The second-order valence-corrected chi connectivity index (χ2v) is 8.75. The lowest BCUT2D eigenvalue weighted by molar-refractivity contribution is 0.0945. The Morgan fingerprint density at radius 3 is 2.53 bits per heavy atom. The number of aryl methyl sites for hydroxylation is 2. The lowest BCUT2D eigenvalue weighted by atomic mass is 10.1. The van der Waals surface area contributed by atoms with Gasteiger partial charge in [-0.1, -0.05) is 42.5 Å². The molecule has 4 aromatic rings. The van der Waals surface area contributed by atoms with Gasteiger partial charge in [0.05, 0.1) is 17.3 Å². The number of hydrogen-bond acceptors (Lipinski definition) is 3. The highest BCUT2D eigenvalue weighted by Gasteiger charge is 2.18. The van der Waals surface area contributed by atoms with Crippen LogP contribution in [0.25, 0.3) is 10.2 Å². The van der Waals surface area contributed by atoms with Crippen LogP contribution in [0.1, 0.15) is 32.1 Å². The summed E-state index contributed by atoms with van der Waals surface area (Å²) in [4.78, 5) is 14.3. The van der Waals surface area contributed by atoms with E-state index in [0.29, 0.717) is 18.8 Å². The lowest BCUT2D eigenvalue weighted by Gasteiger charge is -2.13. The van der Waals surface area contributed by atoms with Crippen molar-refractivity contribution in [1.82, 2.24) is 9.88 Å². The first-order valence-electron chi connectivity index (χ1n) is 10.1. The summed E-state index contributed by atoms with van der Waals surface area (Å²) in [5.41, 5.74) is 5.37. The van der Waals surface area contributed by atoms with E-state index in [0.717, 1.165) is 28.0 Å². The Bertz CT molecular complexity index is 1190. The maximum absolute atomic E-state index is 13.1. The van der Waals surface area contributed by atoms with E-state index in [9.17, 15) is 4.79 Å². The fourth-order valence-corrected chi connectivity index (χ4v) is 4.75. The molecule has 0 saturated heterocycles. The zero-order valence-electron chi connectivity index (χ0n) is 17.6. The number of amides is 1. The van der Waals surface area contributed by atoms with Crippen molar-refractivity contribution in [3.05, 3.63) is 87.9 Å². The SMILES string of the molecule is COc1ccccc1CCNC(=O)c1cc2sc(C)cc2n1Cc1ccccc1C. The molecule has 30 heavy (non-hydrogen) atoms. The topological polar surface area (TPSA) is 43.3 Å². The van der Waals surface area contributed by atoms with Crippen LogP contribution >= 0.6 is 11.3 Å². The fraction of sp³-hybridized carbons (Fsp3) is 0.240. The Labute approximate surface area is 181 Å². The van der Waals surface area contributed by atoms with E-state index in [4.69, 9.17) is 4.74 Å². The Balaban J connectivity index is 1.56. The molecular weight excluding hydrogens is 392 g/mol. The van der Waals surface area contributed by atoms with E-state index < -0.39 is 0 Å². The van der Waals surface area contributed by atoms with Crippen molar-refractivity contribution in [2.24, 2.45) is 0 Å². The normalized spacial score (nSPS) is 11.0. The Morgan fingerprint density at radius 2 is 1.77 bits per heavy atom. The van der Waals surface area contributed by atoms with Crippen molar-refractivity contribution in [3.63, 3.8) is 0 Å². The summed E-state index contributed by atoms with van der Waals surface area (Å²) < 4.78 is 8.70. The highest BCUT2D eigenvalue weighted by molar-refractivity contribution is 7.19. The number of thiophene rings is 1. The van der Waals surface area contributed by atoms with Gasteiger partial charge in [-0.05, 0) is 55.2 Å². The van der Waals surface area contributed by atoms with E-state index >= 15 is 0 Å². The quantitative estimate of drug-likeness (QED) is 0.440. The molecule has 5 heteroatoms. The molecule has 2 aromatic heterocycles. The van der Waals surface area contributed by atoms with Crippen LogP contribution in [0.3, 0.4) is 0 Å². The average Bonchev–Trinajstić information content (AvgIpc) is 3.26. The third-order valence-electron chi connectivity index (χ3n) is 5.41. The predicted molar refractivity (Wildman–Crippen MR) is 124 cm³/mol. The second kappa shape index (κ2) is 8.76. The average molecular weight is 419 g/mol. The van der Waals surface area contributed by atoms with Crippen LogP contribution in [0, 0.1) is 13.8 Å². The van der Waals surface area contributed by atoms with Gasteiger partial charge in [0, 0.05) is 18.0 Å². The van der Waals surface area contributed by atoms with E-state index in [2.05, 4.69) is 48.0 Å². The minimum Gasteiger partial charge on any atom is -0.496 e. The fourth-order valence-electron chi connectivity index (χ4n) is 3.79. The molecule has 0 bridgehead atoms. The van der Waals surface area contributed by atoms with Crippen LogP contribution in [0.15, 0.2) is 60.7 Å². The van der Waals surface area contributed by atoms with Crippen LogP contribution in [0.5, 0.6) is 5.75 Å². The van der Waals surface area contributed by atoms with Gasteiger partial charge in [-0.15, -0.1) is 11.3 Å². The van der Waals surface area contributed by atoms with Gasteiger partial charge in [0.25, 0.3) is 5.91 Å². The molecule has 0 spiro atoms.